The highest BCUT2D eigenvalue weighted by Gasteiger charge is 2.37. The Morgan fingerprint density at radius 2 is 2.27 bits per heavy atom. The molecule has 0 aromatic carbocycles. The van der Waals surface area contributed by atoms with Gasteiger partial charge in [-0.3, -0.25) is 0 Å². The zero-order valence-electron chi connectivity index (χ0n) is 7.40. The molecule has 64 valence electrons. The molecule has 2 aliphatic heterocycles. The number of likely N-dealkylation sites (tertiary alicyclic amines) is 1. The average molecular weight is 154 g/mol. The molecule has 11 heavy (non-hydrogen) atoms. The zero-order chi connectivity index (χ0) is 7.73. The van der Waals surface area contributed by atoms with Crippen molar-refractivity contribution in [2.45, 2.75) is 19.3 Å². The normalized spacial score (nSPS) is 40.1. The van der Waals surface area contributed by atoms with Gasteiger partial charge in [0, 0.05) is 13.1 Å². The molecule has 2 heterocycles. The van der Waals surface area contributed by atoms with Crippen LogP contribution in [-0.4, -0.2) is 38.1 Å². The number of rotatable bonds is 0. The second-order valence-electron chi connectivity index (χ2n) is 4.27. The largest absolute Gasteiger partial charge is 0.316 e. The van der Waals surface area contributed by atoms with Gasteiger partial charge in [0.25, 0.3) is 0 Å². The van der Waals surface area contributed by atoms with Crippen LogP contribution in [0.5, 0.6) is 0 Å². The Morgan fingerprint density at radius 3 is 2.82 bits per heavy atom. The highest BCUT2D eigenvalue weighted by molar-refractivity contribution is 4.92. The van der Waals surface area contributed by atoms with Gasteiger partial charge in [-0.05, 0) is 44.8 Å². The van der Waals surface area contributed by atoms with Crippen LogP contribution < -0.4 is 5.32 Å². The molecule has 2 heteroatoms. The van der Waals surface area contributed by atoms with Crippen molar-refractivity contribution >= 4 is 0 Å². The van der Waals surface area contributed by atoms with Gasteiger partial charge in [-0.25, -0.2) is 0 Å². The van der Waals surface area contributed by atoms with Crippen LogP contribution in [-0.2, 0) is 0 Å². The standard InChI is InChI=1S/C9H18N2/c1-11-6-4-9(8-11)3-2-5-10-7-9/h10H,2-8H2,1H3/t9-/m0/s1. The zero-order valence-corrected chi connectivity index (χ0v) is 7.40. The van der Waals surface area contributed by atoms with Gasteiger partial charge < -0.3 is 10.2 Å². The monoisotopic (exact) mass is 154 g/mol. The van der Waals surface area contributed by atoms with E-state index in [1.165, 1.54) is 45.4 Å². The van der Waals surface area contributed by atoms with Crippen molar-refractivity contribution in [1.82, 2.24) is 10.2 Å². The van der Waals surface area contributed by atoms with Crippen molar-refractivity contribution in [2.75, 3.05) is 33.2 Å². The number of hydrogen-bond acceptors (Lipinski definition) is 2. The minimum absolute atomic E-state index is 0.660. The summed E-state index contributed by atoms with van der Waals surface area (Å²) in [6.45, 7) is 5.13. The summed E-state index contributed by atoms with van der Waals surface area (Å²) in [6, 6.07) is 0. The lowest BCUT2D eigenvalue weighted by Crippen LogP contribution is -2.41. The van der Waals surface area contributed by atoms with E-state index < -0.39 is 0 Å². The summed E-state index contributed by atoms with van der Waals surface area (Å²) in [7, 11) is 2.24. The van der Waals surface area contributed by atoms with Crippen molar-refractivity contribution in [2.24, 2.45) is 5.41 Å². The number of hydrogen-bond donors (Lipinski definition) is 1. The molecular weight excluding hydrogens is 136 g/mol. The summed E-state index contributed by atoms with van der Waals surface area (Å²) < 4.78 is 0. The third-order valence-electron chi connectivity index (χ3n) is 3.19. The van der Waals surface area contributed by atoms with E-state index in [0.29, 0.717) is 5.41 Å². The first-order valence-corrected chi connectivity index (χ1v) is 4.70. The lowest BCUT2D eigenvalue weighted by Gasteiger charge is -2.33. The van der Waals surface area contributed by atoms with Gasteiger partial charge in [-0.15, -0.1) is 0 Å². The summed E-state index contributed by atoms with van der Waals surface area (Å²) in [6.07, 6.45) is 4.24. The van der Waals surface area contributed by atoms with Crippen molar-refractivity contribution in [3.05, 3.63) is 0 Å². The maximum Gasteiger partial charge on any atom is 0.00476 e. The molecule has 0 aliphatic carbocycles. The molecule has 2 rings (SSSR count). The Morgan fingerprint density at radius 1 is 1.36 bits per heavy atom. The van der Waals surface area contributed by atoms with Crippen LogP contribution in [0.25, 0.3) is 0 Å². The smallest absolute Gasteiger partial charge is 0.00476 e. The molecule has 0 radical (unpaired) electrons. The van der Waals surface area contributed by atoms with E-state index in [0.717, 1.165) is 0 Å². The van der Waals surface area contributed by atoms with Gasteiger partial charge in [-0.2, -0.15) is 0 Å². The minimum Gasteiger partial charge on any atom is -0.316 e. The third-order valence-corrected chi connectivity index (χ3v) is 3.19. The summed E-state index contributed by atoms with van der Waals surface area (Å²) in [4.78, 5) is 2.47. The molecule has 0 aromatic heterocycles. The molecule has 2 fully saturated rings. The Labute approximate surface area is 69.0 Å². The molecule has 0 bridgehead atoms. The number of nitrogens with zero attached hydrogens (tertiary/aromatic N) is 1. The maximum absolute atomic E-state index is 3.51. The predicted octanol–water partition coefficient (Wildman–Crippen LogP) is 0.692. The van der Waals surface area contributed by atoms with E-state index in [9.17, 15) is 0 Å². The number of nitrogens with one attached hydrogen (secondary N) is 1. The molecule has 0 aromatic rings. The summed E-state index contributed by atoms with van der Waals surface area (Å²) in [5.41, 5.74) is 0.660. The van der Waals surface area contributed by atoms with E-state index in [4.69, 9.17) is 0 Å². The van der Waals surface area contributed by atoms with Crippen molar-refractivity contribution in [3.8, 4) is 0 Å². The van der Waals surface area contributed by atoms with Crippen LogP contribution in [0, 0.1) is 5.41 Å². The Kier molecular flexibility index (Phi) is 1.90. The van der Waals surface area contributed by atoms with Crippen LogP contribution in [0.1, 0.15) is 19.3 Å². The maximum atomic E-state index is 3.51. The van der Waals surface area contributed by atoms with E-state index in [1.54, 1.807) is 0 Å². The fourth-order valence-corrected chi connectivity index (χ4v) is 2.54. The summed E-state index contributed by atoms with van der Waals surface area (Å²) in [5, 5.41) is 3.51. The van der Waals surface area contributed by atoms with Gasteiger partial charge in [0.1, 0.15) is 0 Å². The lowest BCUT2D eigenvalue weighted by molar-refractivity contribution is 0.213. The summed E-state index contributed by atoms with van der Waals surface area (Å²) >= 11 is 0. The summed E-state index contributed by atoms with van der Waals surface area (Å²) in [5.74, 6) is 0. The first kappa shape index (κ1) is 7.56. The first-order valence-electron chi connectivity index (χ1n) is 4.70. The second kappa shape index (κ2) is 2.76. The highest BCUT2D eigenvalue weighted by atomic mass is 15.1. The Balaban J connectivity index is 1.98. The second-order valence-corrected chi connectivity index (χ2v) is 4.27. The molecule has 1 N–H and O–H groups in total. The van der Waals surface area contributed by atoms with Crippen LogP contribution >= 0.6 is 0 Å². The molecule has 2 saturated heterocycles. The molecule has 2 nitrogen and oxygen atoms in total. The van der Waals surface area contributed by atoms with Crippen LogP contribution in [0.3, 0.4) is 0 Å². The van der Waals surface area contributed by atoms with Crippen LogP contribution in [0.4, 0.5) is 0 Å². The van der Waals surface area contributed by atoms with Gasteiger partial charge >= 0.3 is 0 Å². The van der Waals surface area contributed by atoms with E-state index >= 15 is 0 Å². The molecule has 0 saturated carbocycles. The van der Waals surface area contributed by atoms with Gasteiger partial charge in [0.2, 0.25) is 0 Å². The van der Waals surface area contributed by atoms with E-state index in [-0.39, 0.29) is 0 Å². The van der Waals surface area contributed by atoms with Crippen molar-refractivity contribution in [1.29, 1.82) is 0 Å². The minimum atomic E-state index is 0.660. The molecule has 0 unspecified atom stereocenters. The third kappa shape index (κ3) is 1.42. The molecule has 1 atom stereocenters. The number of piperidine rings is 1. The Bertz CT molecular complexity index is 133. The Hall–Kier alpha value is -0.0800. The van der Waals surface area contributed by atoms with Gasteiger partial charge in [0.05, 0.1) is 0 Å². The highest BCUT2D eigenvalue weighted by Crippen LogP contribution is 2.35. The average Bonchev–Trinajstić information content (AvgIpc) is 2.34. The quantitative estimate of drug-likeness (QED) is 0.552. The fraction of sp³-hybridized carbons (Fsp3) is 1.00. The van der Waals surface area contributed by atoms with E-state index in [1.807, 2.05) is 0 Å². The van der Waals surface area contributed by atoms with Gasteiger partial charge in [0.15, 0.2) is 0 Å². The predicted molar refractivity (Wildman–Crippen MR) is 46.7 cm³/mol. The van der Waals surface area contributed by atoms with Crippen molar-refractivity contribution < 1.29 is 0 Å². The molecule has 1 spiro atoms. The van der Waals surface area contributed by atoms with Crippen molar-refractivity contribution in [3.63, 3.8) is 0 Å². The fourth-order valence-electron chi connectivity index (χ4n) is 2.54. The molecular formula is C9H18N2. The first-order chi connectivity index (χ1) is 5.31. The molecule has 2 aliphatic rings. The lowest BCUT2D eigenvalue weighted by atomic mass is 9.80. The van der Waals surface area contributed by atoms with Crippen LogP contribution in [0.2, 0.25) is 0 Å². The molecule has 0 amide bonds. The topological polar surface area (TPSA) is 15.3 Å². The van der Waals surface area contributed by atoms with E-state index in [2.05, 4.69) is 17.3 Å². The SMILES string of the molecule is CN1CC[C@]2(CCCNC2)C1. The van der Waals surface area contributed by atoms with Gasteiger partial charge in [-0.1, -0.05) is 0 Å². The van der Waals surface area contributed by atoms with Crippen LogP contribution in [0.15, 0.2) is 0 Å².